The summed E-state index contributed by atoms with van der Waals surface area (Å²) in [5, 5.41) is 5.27. The van der Waals surface area contributed by atoms with Crippen LogP contribution in [0.3, 0.4) is 0 Å². The second-order valence-corrected chi connectivity index (χ2v) is 7.14. The third-order valence-electron chi connectivity index (χ3n) is 4.87. The number of pyridine rings is 1. The Morgan fingerprint density at radius 2 is 2.07 bits per heavy atom. The van der Waals surface area contributed by atoms with Crippen LogP contribution in [0.25, 0.3) is 32.9 Å². The second-order valence-electron chi connectivity index (χ2n) is 7.14. The van der Waals surface area contributed by atoms with Crippen LogP contribution in [-0.2, 0) is 4.74 Å². The molecule has 4 rings (SSSR count). The Bertz CT molecular complexity index is 1090. The molecule has 150 valence electrons. The predicted octanol–water partition coefficient (Wildman–Crippen LogP) is 3.73. The molecule has 1 aromatic carbocycles. The van der Waals surface area contributed by atoms with Crippen LogP contribution in [-0.4, -0.2) is 45.7 Å². The van der Waals surface area contributed by atoms with Crippen molar-refractivity contribution in [2.24, 2.45) is 5.73 Å². The van der Waals surface area contributed by atoms with Crippen LogP contribution in [0.1, 0.15) is 19.8 Å². The SMILES string of the molecule is CCCCOC[C@H](N)CNc1ncc2cncc(-c3c[nH]c4ccccc34)c2n1. The standard InChI is InChI=1S/C22H26N6O/c1-2-3-8-29-14-16(23)11-27-22-26-10-15-9-24-12-19(21(15)28-22)18-13-25-20-7-5-4-6-17(18)20/h4-7,9-10,12-13,16,25H,2-3,8,11,14,23H2,1H3,(H,26,27,28)/t16-/m1/s1. The lowest BCUT2D eigenvalue weighted by molar-refractivity contribution is 0.120. The van der Waals surface area contributed by atoms with E-state index in [9.17, 15) is 0 Å². The van der Waals surface area contributed by atoms with Crippen LogP contribution in [0, 0.1) is 0 Å². The van der Waals surface area contributed by atoms with E-state index in [4.69, 9.17) is 15.5 Å². The highest BCUT2D eigenvalue weighted by molar-refractivity contribution is 6.03. The lowest BCUT2D eigenvalue weighted by Crippen LogP contribution is -2.34. The molecular weight excluding hydrogens is 364 g/mol. The number of anilines is 1. The Morgan fingerprint density at radius 3 is 2.97 bits per heavy atom. The molecule has 0 unspecified atom stereocenters. The molecule has 4 aromatic rings. The molecule has 0 bridgehead atoms. The fourth-order valence-electron chi connectivity index (χ4n) is 3.29. The first kappa shape index (κ1) is 19.3. The molecule has 0 saturated heterocycles. The third-order valence-corrected chi connectivity index (χ3v) is 4.87. The Hall–Kier alpha value is -3.03. The van der Waals surface area contributed by atoms with Crippen LogP contribution in [0.15, 0.2) is 49.1 Å². The van der Waals surface area contributed by atoms with E-state index in [0.29, 0.717) is 19.1 Å². The van der Waals surface area contributed by atoms with E-state index in [1.807, 2.05) is 24.5 Å². The summed E-state index contributed by atoms with van der Waals surface area (Å²) >= 11 is 0. The number of nitrogens with one attached hydrogen (secondary N) is 2. The van der Waals surface area contributed by atoms with Gasteiger partial charge in [0.05, 0.1) is 12.1 Å². The first-order chi connectivity index (χ1) is 14.3. The minimum absolute atomic E-state index is 0.114. The quantitative estimate of drug-likeness (QED) is 0.376. The Labute approximate surface area is 169 Å². The van der Waals surface area contributed by atoms with Crippen LogP contribution in [0.5, 0.6) is 0 Å². The maximum atomic E-state index is 6.13. The zero-order valence-electron chi connectivity index (χ0n) is 16.6. The van der Waals surface area contributed by atoms with Crippen molar-refractivity contribution in [2.75, 3.05) is 25.1 Å². The van der Waals surface area contributed by atoms with E-state index in [0.717, 1.165) is 52.4 Å². The number of rotatable bonds is 9. The van der Waals surface area contributed by atoms with Crippen molar-refractivity contribution in [1.82, 2.24) is 19.9 Å². The number of unbranched alkanes of at least 4 members (excludes halogenated alkanes) is 1. The molecule has 0 aliphatic rings. The van der Waals surface area contributed by atoms with E-state index in [2.05, 4.69) is 39.3 Å². The highest BCUT2D eigenvalue weighted by Gasteiger charge is 2.12. The van der Waals surface area contributed by atoms with Crippen LogP contribution < -0.4 is 11.1 Å². The van der Waals surface area contributed by atoms with Gasteiger partial charge in [0.25, 0.3) is 0 Å². The number of benzene rings is 1. The van der Waals surface area contributed by atoms with E-state index >= 15 is 0 Å². The number of hydrogen-bond donors (Lipinski definition) is 3. The van der Waals surface area contributed by atoms with E-state index in [1.54, 1.807) is 12.4 Å². The van der Waals surface area contributed by atoms with Gasteiger partial charge in [-0.3, -0.25) is 4.98 Å². The van der Waals surface area contributed by atoms with Crippen molar-refractivity contribution in [3.05, 3.63) is 49.1 Å². The summed E-state index contributed by atoms with van der Waals surface area (Å²) in [7, 11) is 0. The van der Waals surface area contributed by atoms with Crippen molar-refractivity contribution in [2.45, 2.75) is 25.8 Å². The monoisotopic (exact) mass is 390 g/mol. The normalized spacial score (nSPS) is 12.5. The number of fused-ring (bicyclic) bond motifs is 2. The summed E-state index contributed by atoms with van der Waals surface area (Å²) in [5.74, 6) is 0.550. The lowest BCUT2D eigenvalue weighted by atomic mass is 10.0. The van der Waals surface area contributed by atoms with Crippen molar-refractivity contribution in [3.8, 4) is 11.1 Å². The van der Waals surface area contributed by atoms with Gasteiger partial charge in [0.15, 0.2) is 0 Å². The number of aromatic nitrogens is 4. The van der Waals surface area contributed by atoms with Gasteiger partial charge in [-0.15, -0.1) is 0 Å². The highest BCUT2D eigenvalue weighted by atomic mass is 16.5. The lowest BCUT2D eigenvalue weighted by Gasteiger charge is -2.13. The van der Waals surface area contributed by atoms with Crippen LogP contribution in [0.2, 0.25) is 0 Å². The maximum Gasteiger partial charge on any atom is 0.223 e. The molecule has 0 spiro atoms. The molecule has 4 N–H and O–H groups in total. The molecule has 0 fully saturated rings. The molecule has 7 heteroatoms. The smallest absolute Gasteiger partial charge is 0.223 e. The van der Waals surface area contributed by atoms with Gasteiger partial charge in [-0.2, -0.15) is 0 Å². The number of nitrogens with two attached hydrogens (primary N) is 1. The molecule has 29 heavy (non-hydrogen) atoms. The van der Waals surface area contributed by atoms with Gasteiger partial charge in [0.2, 0.25) is 5.95 Å². The third kappa shape index (κ3) is 4.36. The number of aromatic amines is 1. The summed E-state index contributed by atoms with van der Waals surface area (Å²) < 4.78 is 5.59. The minimum Gasteiger partial charge on any atom is -0.380 e. The topological polar surface area (TPSA) is 102 Å². The number of ether oxygens (including phenoxy) is 1. The summed E-state index contributed by atoms with van der Waals surface area (Å²) in [6.45, 7) is 3.95. The van der Waals surface area contributed by atoms with Crippen molar-refractivity contribution in [3.63, 3.8) is 0 Å². The molecule has 3 heterocycles. The molecule has 0 radical (unpaired) electrons. The van der Waals surface area contributed by atoms with Crippen molar-refractivity contribution in [1.29, 1.82) is 0 Å². The van der Waals surface area contributed by atoms with Gasteiger partial charge in [-0.1, -0.05) is 31.5 Å². The first-order valence-electron chi connectivity index (χ1n) is 10.0. The van der Waals surface area contributed by atoms with Gasteiger partial charge in [0.1, 0.15) is 0 Å². The van der Waals surface area contributed by atoms with Gasteiger partial charge in [-0.05, 0) is 12.5 Å². The van der Waals surface area contributed by atoms with Gasteiger partial charge in [0, 0.05) is 71.4 Å². The average Bonchev–Trinajstić information content (AvgIpc) is 3.19. The van der Waals surface area contributed by atoms with Crippen molar-refractivity contribution >= 4 is 27.8 Å². The molecule has 0 amide bonds. The summed E-state index contributed by atoms with van der Waals surface area (Å²) in [6.07, 6.45) is 9.59. The number of para-hydroxylation sites is 1. The Morgan fingerprint density at radius 1 is 1.17 bits per heavy atom. The minimum atomic E-state index is -0.114. The fraction of sp³-hybridized carbons (Fsp3) is 0.318. The molecule has 7 nitrogen and oxygen atoms in total. The summed E-state index contributed by atoms with van der Waals surface area (Å²) in [4.78, 5) is 16.8. The van der Waals surface area contributed by atoms with E-state index < -0.39 is 0 Å². The molecule has 0 saturated carbocycles. The summed E-state index contributed by atoms with van der Waals surface area (Å²) in [5.41, 5.74) is 10.1. The molecule has 1 atom stereocenters. The highest BCUT2D eigenvalue weighted by Crippen LogP contribution is 2.32. The molecular formula is C22H26N6O. The number of H-pyrrole nitrogens is 1. The Balaban J connectivity index is 1.55. The van der Waals surface area contributed by atoms with Crippen molar-refractivity contribution < 1.29 is 4.74 Å². The largest absolute Gasteiger partial charge is 0.380 e. The van der Waals surface area contributed by atoms with Crippen LogP contribution in [0.4, 0.5) is 5.95 Å². The molecule has 0 aliphatic heterocycles. The number of nitrogens with zero attached hydrogens (tertiary/aromatic N) is 3. The van der Waals surface area contributed by atoms with E-state index in [1.165, 1.54) is 0 Å². The Kier molecular flexibility index (Phi) is 5.97. The zero-order chi connectivity index (χ0) is 20.1. The first-order valence-corrected chi connectivity index (χ1v) is 10.0. The van der Waals surface area contributed by atoms with Gasteiger partial charge in [-0.25, -0.2) is 9.97 Å². The average molecular weight is 390 g/mol. The summed E-state index contributed by atoms with van der Waals surface area (Å²) in [6, 6.07) is 8.09. The predicted molar refractivity (Wildman–Crippen MR) is 117 cm³/mol. The number of hydrogen-bond acceptors (Lipinski definition) is 6. The van der Waals surface area contributed by atoms with Gasteiger partial charge >= 0.3 is 0 Å². The molecule has 0 aliphatic carbocycles. The van der Waals surface area contributed by atoms with Crippen LogP contribution >= 0.6 is 0 Å². The fourth-order valence-corrected chi connectivity index (χ4v) is 3.29. The second kappa shape index (κ2) is 8.98. The van der Waals surface area contributed by atoms with Gasteiger partial charge < -0.3 is 20.8 Å². The van der Waals surface area contributed by atoms with E-state index in [-0.39, 0.29) is 6.04 Å². The molecule has 3 aromatic heterocycles. The maximum absolute atomic E-state index is 6.13. The zero-order valence-corrected chi connectivity index (χ0v) is 16.6.